The molecule has 0 rings (SSSR count). The maximum absolute atomic E-state index is 9.46. The summed E-state index contributed by atoms with van der Waals surface area (Å²) in [6.45, 7) is 3.44. The van der Waals surface area contributed by atoms with Crippen molar-refractivity contribution in [2.45, 2.75) is 36.1 Å². The summed E-state index contributed by atoms with van der Waals surface area (Å²) in [7, 11) is 0. The fourth-order valence-electron chi connectivity index (χ4n) is 0.629. The van der Waals surface area contributed by atoms with Crippen molar-refractivity contribution in [2.75, 3.05) is 0 Å². The quantitative estimate of drug-likeness (QED) is 0.688. The van der Waals surface area contributed by atoms with E-state index in [4.69, 9.17) is 34.8 Å². The topological polar surface area (TPSA) is 20.2 Å². The van der Waals surface area contributed by atoms with Crippen LogP contribution in [0.15, 0.2) is 0 Å². The maximum atomic E-state index is 9.46. The molecule has 1 unspecified atom stereocenters. The van der Waals surface area contributed by atoms with Crippen LogP contribution in [0, 0.1) is 0 Å². The minimum atomic E-state index is -1.58. The molecule has 0 aromatic heterocycles. The van der Waals surface area contributed by atoms with Crippen LogP contribution in [0.5, 0.6) is 0 Å². The zero-order valence-corrected chi connectivity index (χ0v) is 8.26. The Morgan fingerprint density at radius 2 is 1.70 bits per heavy atom. The molecular formula is C6H11Cl3O. The van der Waals surface area contributed by atoms with Gasteiger partial charge in [0.25, 0.3) is 0 Å². The van der Waals surface area contributed by atoms with Crippen LogP contribution < -0.4 is 0 Å². The third-order valence-electron chi connectivity index (χ3n) is 1.35. The minimum Gasteiger partial charge on any atom is -0.386 e. The monoisotopic (exact) mass is 204 g/mol. The Kier molecular flexibility index (Phi) is 3.77. The molecule has 0 saturated heterocycles. The van der Waals surface area contributed by atoms with Gasteiger partial charge in [0.2, 0.25) is 3.79 Å². The van der Waals surface area contributed by atoms with Gasteiger partial charge in [-0.3, -0.25) is 0 Å². The first-order valence-electron chi connectivity index (χ1n) is 3.10. The van der Waals surface area contributed by atoms with Gasteiger partial charge >= 0.3 is 0 Å². The van der Waals surface area contributed by atoms with Crippen LogP contribution in [-0.4, -0.2) is 14.5 Å². The lowest BCUT2D eigenvalue weighted by Crippen LogP contribution is -2.39. The standard InChI is InChI=1S/C6H11Cl3O/c1-3-4-5(2,10)6(7,8)9/h10H,3-4H2,1-2H3. The van der Waals surface area contributed by atoms with E-state index in [1.54, 1.807) is 0 Å². The van der Waals surface area contributed by atoms with E-state index in [1.165, 1.54) is 6.92 Å². The van der Waals surface area contributed by atoms with Crippen molar-refractivity contribution in [1.82, 2.24) is 0 Å². The molecule has 0 aromatic rings. The van der Waals surface area contributed by atoms with Gasteiger partial charge in [-0.2, -0.15) is 0 Å². The second-order valence-corrected chi connectivity index (χ2v) is 4.80. The molecule has 0 aliphatic heterocycles. The highest BCUT2D eigenvalue weighted by molar-refractivity contribution is 6.68. The Hall–Kier alpha value is 0.830. The lowest BCUT2D eigenvalue weighted by Gasteiger charge is -2.30. The van der Waals surface area contributed by atoms with E-state index >= 15 is 0 Å². The van der Waals surface area contributed by atoms with Gasteiger partial charge in [0, 0.05) is 0 Å². The summed E-state index contributed by atoms with van der Waals surface area (Å²) in [6, 6.07) is 0. The fourth-order valence-corrected chi connectivity index (χ4v) is 0.912. The number of rotatable bonds is 2. The zero-order valence-electron chi connectivity index (χ0n) is 6.00. The first-order chi connectivity index (χ1) is 4.31. The number of aliphatic hydroxyl groups is 1. The lowest BCUT2D eigenvalue weighted by atomic mass is 10.0. The Balaban J connectivity index is 4.10. The first-order valence-corrected chi connectivity index (χ1v) is 4.24. The van der Waals surface area contributed by atoms with Crippen LogP contribution >= 0.6 is 34.8 Å². The Morgan fingerprint density at radius 1 is 1.30 bits per heavy atom. The average molecular weight is 206 g/mol. The second kappa shape index (κ2) is 3.48. The van der Waals surface area contributed by atoms with Gasteiger partial charge in [-0.1, -0.05) is 48.1 Å². The van der Waals surface area contributed by atoms with Gasteiger partial charge in [0.15, 0.2) is 0 Å². The molecule has 1 N–H and O–H groups in total. The van der Waals surface area contributed by atoms with Gasteiger partial charge in [-0.15, -0.1) is 0 Å². The summed E-state index contributed by atoms with van der Waals surface area (Å²) in [4.78, 5) is 0. The van der Waals surface area contributed by atoms with Crippen molar-refractivity contribution in [3.8, 4) is 0 Å². The van der Waals surface area contributed by atoms with Gasteiger partial charge in [-0.25, -0.2) is 0 Å². The zero-order chi connectivity index (χ0) is 8.41. The lowest BCUT2D eigenvalue weighted by molar-refractivity contribution is 0.0541. The smallest absolute Gasteiger partial charge is 0.218 e. The summed E-state index contributed by atoms with van der Waals surface area (Å²) in [5.74, 6) is 0. The van der Waals surface area contributed by atoms with Crippen LogP contribution in [0.1, 0.15) is 26.7 Å². The Morgan fingerprint density at radius 3 is 1.80 bits per heavy atom. The van der Waals surface area contributed by atoms with Crippen molar-refractivity contribution >= 4 is 34.8 Å². The van der Waals surface area contributed by atoms with Crippen LogP contribution in [0.4, 0.5) is 0 Å². The predicted octanol–water partition coefficient (Wildman–Crippen LogP) is 2.91. The van der Waals surface area contributed by atoms with Gasteiger partial charge in [-0.05, 0) is 13.3 Å². The molecule has 0 aliphatic carbocycles. The van der Waals surface area contributed by atoms with E-state index in [9.17, 15) is 5.11 Å². The molecule has 0 radical (unpaired) electrons. The number of halogens is 3. The van der Waals surface area contributed by atoms with E-state index in [0.29, 0.717) is 6.42 Å². The molecule has 1 atom stereocenters. The summed E-state index contributed by atoms with van der Waals surface area (Å²) < 4.78 is -1.58. The average Bonchev–Trinajstić information content (AvgIpc) is 1.61. The summed E-state index contributed by atoms with van der Waals surface area (Å²) in [6.07, 6.45) is 1.28. The molecule has 0 fully saturated rings. The van der Waals surface area contributed by atoms with Crippen LogP contribution in [-0.2, 0) is 0 Å². The molecule has 62 valence electrons. The molecule has 4 heteroatoms. The molecule has 0 bridgehead atoms. The molecule has 0 heterocycles. The van der Waals surface area contributed by atoms with Crippen LogP contribution in [0.2, 0.25) is 0 Å². The predicted molar refractivity (Wildman–Crippen MR) is 45.8 cm³/mol. The highest BCUT2D eigenvalue weighted by Crippen LogP contribution is 2.40. The molecule has 0 aliphatic rings. The molecule has 0 saturated carbocycles. The van der Waals surface area contributed by atoms with Crippen molar-refractivity contribution in [2.24, 2.45) is 0 Å². The van der Waals surface area contributed by atoms with Crippen molar-refractivity contribution in [3.63, 3.8) is 0 Å². The third kappa shape index (κ3) is 2.83. The Bertz CT molecular complexity index is 106. The summed E-state index contributed by atoms with van der Waals surface area (Å²) in [5.41, 5.74) is -1.22. The number of hydrogen-bond acceptors (Lipinski definition) is 1. The van der Waals surface area contributed by atoms with Crippen molar-refractivity contribution in [1.29, 1.82) is 0 Å². The maximum Gasteiger partial charge on any atom is 0.218 e. The first kappa shape index (κ1) is 10.8. The van der Waals surface area contributed by atoms with E-state index in [0.717, 1.165) is 6.42 Å². The normalized spacial score (nSPS) is 18.6. The van der Waals surface area contributed by atoms with Gasteiger partial charge < -0.3 is 5.11 Å². The third-order valence-corrected chi connectivity index (χ3v) is 2.57. The van der Waals surface area contributed by atoms with E-state index in [2.05, 4.69) is 0 Å². The van der Waals surface area contributed by atoms with Gasteiger partial charge in [0.05, 0.1) is 0 Å². The molecular weight excluding hydrogens is 194 g/mol. The number of alkyl halides is 3. The van der Waals surface area contributed by atoms with E-state index in [-0.39, 0.29) is 0 Å². The molecule has 0 amide bonds. The second-order valence-electron chi connectivity index (χ2n) is 2.52. The molecule has 1 nitrogen and oxygen atoms in total. The van der Waals surface area contributed by atoms with E-state index in [1.807, 2.05) is 6.92 Å². The number of hydrogen-bond donors (Lipinski definition) is 1. The highest BCUT2D eigenvalue weighted by Gasteiger charge is 2.41. The minimum absolute atomic E-state index is 0.490. The Labute approximate surface area is 76.3 Å². The molecule has 0 spiro atoms. The molecule has 0 aromatic carbocycles. The SMILES string of the molecule is CCCC(C)(O)C(Cl)(Cl)Cl. The molecule has 10 heavy (non-hydrogen) atoms. The van der Waals surface area contributed by atoms with Crippen LogP contribution in [0.25, 0.3) is 0 Å². The largest absolute Gasteiger partial charge is 0.386 e. The summed E-state index contributed by atoms with van der Waals surface area (Å²) in [5, 5.41) is 9.46. The van der Waals surface area contributed by atoms with Gasteiger partial charge in [0.1, 0.15) is 5.60 Å². The highest BCUT2D eigenvalue weighted by atomic mass is 35.6. The van der Waals surface area contributed by atoms with Crippen molar-refractivity contribution in [3.05, 3.63) is 0 Å². The van der Waals surface area contributed by atoms with E-state index < -0.39 is 9.39 Å². The van der Waals surface area contributed by atoms with Crippen molar-refractivity contribution < 1.29 is 5.11 Å². The van der Waals surface area contributed by atoms with Crippen LogP contribution in [0.3, 0.4) is 0 Å². The summed E-state index contributed by atoms with van der Waals surface area (Å²) >= 11 is 16.5. The fraction of sp³-hybridized carbons (Fsp3) is 1.00.